The summed E-state index contributed by atoms with van der Waals surface area (Å²) < 4.78 is 2.23. The Balaban J connectivity index is 2.86. The average Bonchev–Trinajstić information content (AvgIpc) is 2.73. The molecule has 0 atom stereocenters. The monoisotopic (exact) mass is 283 g/mol. The molecule has 3 nitrogen and oxygen atoms in total. The molecule has 0 unspecified atom stereocenters. The zero-order chi connectivity index (χ0) is 14.3. The summed E-state index contributed by atoms with van der Waals surface area (Å²) in [7, 11) is 0. The maximum Gasteiger partial charge on any atom is 0.0669 e. The van der Waals surface area contributed by atoms with Crippen molar-refractivity contribution in [1.82, 2.24) is 15.1 Å². The molecule has 0 aromatic carbocycles. The highest BCUT2D eigenvalue weighted by Gasteiger charge is 2.15. The van der Waals surface area contributed by atoms with Crippen molar-refractivity contribution in [3.8, 4) is 0 Å². The first-order valence-electron chi connectivity index (χ1n) is 7.52. The maximum absolute atomic E-state index is 4.81. The molecule has 19 heavy (non-hydrogen) atoms. The first-order chi connectivity index (χ1) is 9.13. The van der Waals surface area contributed by atoms with Gasteiger partial charge in [-0.2, -0.15) is 16.9 Å². The van der Waals surface area contributed by atoms with Crippen molar-refractivity contribution in [1.29, 1.82) is 0 Å². The average molecular weight is 283 g/mol. The minimum atomic E-state index is 0.522. The predicted molar refractivity (Wildman–Crippen MR) is 86.0 cm³/mol. The van der Waals surface area contributed by atoms with E-state index < -0.39 is 0 Å². The molecule has 0 saturated carbocycles. The van der Waals surface area contributed by atoms with Gasteiger partial charge in [0.25, 0.3) is 0 Å². The molecule has 1 aromatic rings. The van der Waals surface area contributed by atoms with Gasteiger partial charge in [0, 0.05) is 29.6 Å². The maximum atomic E-state index is 4.81. The summed E-state index contributed by atoms with van der Waals surface area (Å²) in [6.45, 7) is 13.0. The number of aromatic nitrogens is 2. The molecule has 1 N–H and O–H groups in total. The number of rotatable bonds is 9. The molecule has 0 aliphatic carbocycles. The highest BCUT2D eigenvalue weighted by molar-refractivity contribution is 7.99. The Labute approximate surface area is 122 Å². The van der Waals surface area contributed by atoms with E-state index in [1.807, 2.05) is 11.8 Å². The van der Waals surface area contributed by atoms with E-state index in [0.29, 0.717) is 6.04 Å². The van der Waals surface area contributed by atoms with Crippen LogP contribution in [0, 0.1) is 0 Å². The predicted octanol–water partition coefficient (Wildman–Crippen LogP) is 3.26. The van der Waals surface area contributed by atoms with E-state index in [4.69, 9.17) is 5.10 Å². The highest BCUT2D eigenvalue weighted by atomic mass is 32.2. The number of aryl methyl sites for hydroxylation is 2. The van der Waals surface area contributed by atoms with Crippen molar-refractivity contribution in [2.45, 2.75) is 66.6 Å². The van der Waals surface area contributed by atoms with Crippen LogP contribution < -0.4 is 5.32 Å². The summed E-state index contributed by atoms with van der Waals surface area (Å²) in [5.41, 5.74) is 4.12. The van der Waals surface area contributed by atoms with E-state index >= 15 is 0 Å². The number of nitrogens with zero attached hydrogens (tertiary/aromatic N) is 2. The lowest BCUT2D eigenvalue weighted by atomic mass is 10.1. The van der Waals surface area contributed by atoms with Crippen LogP contribution in [0.3, 0.4) is 0 Å². The quantitative estimate of drug-likeness (QED) is 0.706. The Morgan fingerprint density at radius 1 is 1.21 bits per heavy atom. The Morgan fingerprint density at radius 2 is 1.95 bits per heavy atom. The lowest BCUT2D eigenvalue weighted by Gasteiger charge is -2.10. The van der Waals surface area contributed by atoms with Crippen LogP contribution in [0.25, 0.3) is 0 Å². The number of hydrogen-bond donors (Lipinski definition) is 1. The van der Waals surface area contributed by atoms with Gasteiger partial charge in [-0.25, -0.2) is 0 Å². The van der Waals surface area contributed by atoms with Gasteiger partial charge < -0.3 is 5.32 Å². The van der Waals surface area contributed by atoms with Gasteiger partial charge in [-0.15, -0.1) is 0 Å². The van der Waals surface area contributed by atoms with E-state index in [9.17, 15) is 0 Å². The van der Waals surface area contributed by atoms with Crippen LogP contribution in [-0.4, -0.2) is 27.3 Å². The number of thioether (sulfide) groups is 1. The first kappa shape index (κ1) is 16.6. The molecule has 1 heterocycles. The van der Waals surface area contributed by atoms with Crippen molar-refractivity contribution in [3.63, 3.8) is 0 Å². The standard InChI is InChI=1S/C15H29N3S/c1-6-14-13(11-16-12(4)5)15(7-2)18(17-14)9-10-19-8-3/h12,16H,6-11H2,1-5H3. The van der Waals surface area contributed by atoms with Crippen LogP contribution in [0.2, 0.25) is 0 Å². The third-order valence-corrected chi connectivity index (χ3v) is 4.14. The molecule has 0 fully saturated rings. The lowest BCUT2D eigenvalue weighted by Crippen LogP contribution is -2.23. The zero-order valence-corrected chi connectivity index (χ0v) is 13.9. The van der Waals surface area contributed by atoms with Crippen molar-refractivity contribution in [2.75, 3.05) is 11.5 Å². The molecule has 0 amide bonds. The van der Waals surface area contributed by atoms with Crippen LogP contribution in [0.5, 0.6) is 0 Å². The molecule has 110 valence electrons. The second kappa shape index (κ2) is 8.64. The Kier molecular flexibility index (Phi) is 7.54. The van der Waals surface area contributed by atoms with Crippen molar-refractivity contribution >= 4 is 11.8 Å². The van der Waals surface area contributed by atoms with Crippen LogP contribution in [0.1, 0.15) is 51.6 Å². The second-order valence-corrected chi connectivity index (χ2v) is 6.43. The molecule has 0 saturated heterocycles. The summed E-state index contributed by atoms with van der Waals surface area (Å²) in [4.78, 5) is 0. The molecule has 0 aliphatic rings. The second-order valence-electron chi connectivity index (χ2n) is 5.03. The fraction of sp³-hybridized carbons (Fsp3) is 0.800. The Bertz CT molecular complexity index is 372. The summed E-state index contributed by atoms with van der Waals surface area (Å²) in [6.07, 6.45) is 2.09. The van der Waals surface area contributed by atoms with Gasteiger partial charge in [0.05, 0.1) is 12.2 Å². The van der Waals surface area contributed by atoms with Gasteiger partial charge in [-0.1, -0.05) is 34.6 Å². The van der Waals surface area contributed by atoms with Gasteiger partial charge in [0.1, 0.15) is 0 Å². The largest absolute Gasteiger partial charge is 0.310 e. The fourth-order valence-corrected chi connectivity index (χ4v) is 2.85. The lowest BCUT2D eigenvalue weighted by molar-refractivity contribution is 0.580. The topological polar surface area (TPSA) is 29.9 Å². The highest BCUT2D eigenvalue weighted by Crippen LogP contribution is 2.17. The summed E-state index contributed by atoms with van der Waals surface area (Å²) in [5, 5.41) is 8.35. The SMILES string of the molecule is CCSCCn1nc(CC)c(CNC(C)C)c1CC. The minimum Gasteiger partial charge on any atom is -0.310 e. The molecule has 4 heteroatoms. The summed E-state index contributed by atoms with van der Waals surface area (Å²) in [6, 6.07) is 0.522. The molecule has 0 bridgehead atoms. The van der Waals surface area contributed by atoms with Gasteiger partial charge in [0.2, 0.25) is 0 Å². The van der Waals surface area contributed by atoms with Crippen LogP contribution >= 0.6 is 11.8 Å². The van der Waals surface area contributed by atoms with Gasteiger partial charge >= 0.3 is 0 Å². The molecule has 1 rings (SSSR count). The van der Waals surface area contributed by atoms with Crippen molar-refractivity contribution < 1.29 is 0 Å². The smallest absolute Gasteiger partial charge is 0.0669 e. The minimum absolute atomic E-state index is 0.522. The van der Waals surface area contributed by atoms with Crippen molar-refractivity contribution in [3.05, 3.63) is 17.0 Å². The van der Waals surface area contributed by atoms with Crippen LogP contribution in [-0.2, 0) is 25.9 Å². The zero-order valence-electron chi connectivity index (χ0n) is 13.1. The van der Waals surface area contributed by atoms with Crippen LogP contribution in [0.15, 0.2) is 0 Å². The molecular weight excluding hydrogens is 254 g/mol. The van der Waals surface area contributed by atoms with E-state index in [0.717, 1.165) is 31.7 Å². The normalized spacial score (nSPS) is 11.5. The molecule has 0 aliphatic heterocycles. The van der Waals surface area contributed by atoms with Gasteiger partial charge in [-0.3, -0.25) is 4.68 Å². The molecular formula is C15H29N3S. The van der Waals surface area contributed by atoms with E-state index in [2.05, 4.69) is 44.6 Å². The molecule has 0 spiro atoms. The Hall–Kier alpha value is -0.480. The van der Waals surface area contributed by atoms with E-state index in [1.54, 1.807) is 0 Å². The van der Waals surface area contributed by atoms with E-state index in [-0.39, 0.29) is 0 Å². The summed E-state index contributed by atoms with van der Waals surface area (Å²) >= 11 is 1.99. The molecule has 1 aromatic heterocycles. The Morgan fingerprint density at radius 3 is 2.47 bits per heavy atom. The van der Waals surface area contributed by atoms with Gasteiger partial charge in [0.15, 0.2) is 0 Å². The fourth-order valence-electron chi connectivity index (χ4n) is 2.26. The summed E-state index contributed by atoms with van der Waals surface area (Å²) in [5.74, 6) is 2.34. The van der Waals surface area contributed by atoms with Crippen molar-refractivity contribution in [2.24, 2.45) is 0 Å². The first-order valence-corrected chi connectivity index (χ1v) is 8.67. The molecule has 0 radical (unpaired) electrons. The van der Waals surface area contributed by atoms with Gasteiger partial charge in [-0.05, 0) is 18.6 Å². The third kappa shape index (κ3) is 4.84. The third-order valence-electron chi connectivity index (χ3n) is 3.26. The van der Waals surface area contributed by atoms with Crippen LogP contribution in [0.4, 0.5) is 0 Å². The number of hydrogen-bond acceptors (Lipinski definition) is 3. The van der Waals surface area contributed by atoms with E-state index in [1.165, 1.54) is 22.7 Å². The number of nitrogens with one attached hydrogen (secondary N) is 1.